The molecule has 0 saturated heterocycles. The zero-order valence-electron chi connectivity index (χ0n) is 14.8. The van der Waals surface area contributed by atoms with Crippen LogP contribution >= 0.6 is 15.9 Å². The van der Waals surface area contributed by atoms with Gasteiger partial charge in [0.25, 0.3) is 0 Å². The number of hydrogen-bond donors (Lipinski definition) is 0. The fourth-order valence-corrected chi connectivity index (χ4v) is 5.23. The molecule has 0 spiro atoms. The van der Waals surface area contributed by atoms with Gasteiger partial charge in [-0.3, -0.25) is 0 Å². The highest BCUT2D eigenvalue weighted by Gasteiger charge is 2.23. The molecule has 1 atom stereocenters. The first kappa shape index (κ1) is 17.4. The van der Waals surface area contributed by atoms with Gasteiger partial charge >= 0.3 is 0 Å². The molecule has 0 aliphatic heterocycles. The minimum absolute atomic E-state index is 0.660. The van der Waals surface area contributed by atoms with Crippen LogP contribution in [0.15, 0.2) is 110 Å². The molecule has 0 radical (unpaired) electrons. The monoisotopic (exact) mass is 446 g/mol. The molecule has 1 heterocycles. The lowest BCUT2D eigenvalue weighted by Gasteiger charge is -2.06. The van der Waals surface area contributed by atoms with Gasteiger partial charge in [-0.2, -0.15) is 0 Å². The van der Waals surface area contributed by atoms with Crippen molar-refractivity contribution in [1.29, 1.82) is 0 Å². The number of benzene rings is 4. The summed E-state index contributed by atoms with van der Waals surface area (Å²) in [5.41, 5.74) is 1.66. The number of halogens is 1. The first-order valence-corrected chi connectivity index (χ1v) is 10.8. The summed E-state index contributed by atoms with van der Waals surface area (Å²) in [5, 5.41) is 3.02. The Morgan fingerprint density at radius 1 is 0.786 bits per heavy atom. The molecule has 0 fully saturated rings. The Labute approximate surface area is 173 Å². The van der Waals surface area contributed by atoms with Crippen LogP contribution in [-0.4, -0.2) is 4.21 Å². The van der Waals surface area contributed by atoms with Gasteiger partial charge in [0.2, 0.25) is 0 Å². The van der Waals surface area contributed by atoms with Gasteiger partial charge in [-0.15, -0.1) is 0 Å². The lowest BCUT2D eigenvalue weighted by molar-refractivity contribution is 0.622. The predicted molar refractivity (Wildman–Crippen MR) is 118 cm³/mol. The van der Waals surface area contributed by atoms with Gasteiger partial charge in [-0.1, -0.05) is 76.6 Å². The molecule has 2 nitrogen and oxygen atoms in total. The number of hydrogen-bond acceptors (Lipinski definition) is 2. The standard InChI is InChI=1S/C24H15BrO2S/c25-18-12-13-20-17(15-18)11-14-21-22(20)24(28(26)19-9-5-2-6-10-19)23(27-21)16-7-3-1-4-8-16/h1-15H. The summed E-state index contributed by atoms with van der Waals surface area (Å²) in [6.45, 7) is 0. The Balaban J connectivity index is 1.89. The number of fused-ring (bicyclic) bond motifs is 3. The molecule has 0 aliphatic carbocycles. The van der Waals surface area contributed by atoms with Crippen LogP contribution < -0.4 is 0 Å². The lowest BCUT2D eigenvalue weighted by atomic mass is 10.1. The van der Waals surface area contributed by atoms with E-state index in [2.05, 4.69) is 28.1 Å². The van der Waals surface area contributed by atoms with Crippen LogP contribution in [0.25, 0.3) is 33.1 Å². The third-order valence-electron chi connectivity index (χ3n) is 4.77. The highest BCUT2D eigenvalue weighted by molar-refractivity contribution is 9.10. The van der Waals surface area contributed by atoms with Crippen LogP contribution in [0.3, 0.4) is 0 Å². The third-order valence-corrected chi connectivity index (χ3v) is 6.72. The van der Waals surface area contributed by atoms with E-state index in [1.807, 2.05) is 78.9 Å². The van der Waals surface area contributed by atoms with E-state index in [0.717, 1.165) is 41.6 Å². The summed E-state index contributed by atoms with van der Waals surface area (Å²) in [7, 11) is -1.37. The summed E-state index contributed by atoms with van der Waals surface area (Å²) in [4.78, 5) is 1.48. The van der Waals surface area contributed by atoms with E-state index < -0.39 is 10.8 Å². The molecule has 0 bridgehead atoms. The molecule has 4 heteroatoms. The van der Waals surface area contributed by atoms with Crippen LogP contribution in [-0.2, 0) is 10.8 Å². The molecule has 28 heavy (non-hydrogen) atoms. The molecule has 5 aromatic rings. The summed E-state index contributed by atoms with van der Waals surface area (Å²) in [6.07, 6.45) is 0. The predicted octanol–water partition coefficient (Wildman–Crippen LogP) is 7.18. The van der Waals surface area contributed by atoms with E-state index in [9.17, 15) is 4.21 Å². The maximum atomic E-state index is 13.7. The van der Waals surface area contributed by atoms with Crippen molar-refractivity contribution in [3.05, 3.63) is 95.5 Å². The molecule has 1 unspecified atom stereocenters. The second-order valence-electron chi connectivity index (χ2n) is 6.51. The molecule has 136 valence electrons. The van der Waals surface area contributed by atoms with Gasteiger partial charge < -0.3 is 4.42 Å². The molecule has 1 aromatic heterocycles. The molecular weight excluding hydrogens is 432 g/mol. The van der Waals surface area contributed by atoms with Crippen LogP contribution in [0.1, 0.15) is 0 Å². The maximum absolute atomic E-state index is 13.7. The molecule has 0 N–H and O–H groups in total. The van der Waals surface area contributed by atoms with Crippen LogP contribution in [0.5, 0.6) is 0 Å². The summed E-state index contributed by atoms with van der Waals surface area (Å²) in [6, 6.07) is 29.5. The van der Waals surface area contributed by atoms with Crippen LogP contribution in [0.2, 0.25) is 0 Å². The highest BCUT2D eigenvalue weighted by atomic mass is 79.9. The van der Waals surface area contributed by atoms with E-state index >= 15 is 0 Å². The minimum atomic E-state index is -1.37. The van der Waals surface area contributed by atoms with Crippen LogP contribution in [0, 0.1) is 0 Å². The lowest BCUT2D eigenvalue weighted by Crippen LogP contribution is -1.94. The fourth-order valence-electron chi connectivity index (χ4n) is 3.49. The van der Waals surface area contributed by atoms with Gasteiger partial charge in [-0.05, 0) is 41.1 Å². The van der Waals surface area contributed by atoms with Gasteiger partial charge in [0, 0.05) is 20.3 Å². The fraction of sp³-hybridized carbons (Fsp3) is 0. The molecule has 0 aliphatic rings. The number of rotatable bonds is 3. The highest BCUT2D eigenvalue weighted by Crippen LogP contribution is 2.41. The largest absolute Gasteiger partial charge is 0.455 e. The van der Waals surface area contributed by atoms with Gasteiger partial charge in [0.1, 0.15) is 5.58 Å². The summed E-state index contributed by atoms with van der Waals surface area (Å²) in [5.74, 6) is 0.660. The Kier molecular flexibility index (Phi) is 4.38. The first-order chi connectivity index (χ1) is 13.7. The Morgan fingerprint density at radius 2 is 1.50 bits per heavy atom. The first-order valence-electron chi connectivity index (χ1n) is 8.89. The average Bonchev–Trinajstić information content (AvgIpc) is 3.14. The second kappa shape index (κ2) is 7.04. The average molecular weight is 447 g/mol. The quantitative estimate of drug-likeness (QED) is 0.293. The van der Waals surface area contributed by atoms with Crippen molar-refractivity contribution in [2.24, 2.45) is 0 Å². The summed E-state index contributed by atoms with van der Waals surface area (Å²) >= 11 is 3.54. The van der Waals surface area contributed by atoms with E-state index in [1.165, 1.54) is 0 Å². The topological polar surface area (TPSA) is 30.2 Å². The van der Waals surface area contributed by atoms with E-state index in [1.54, 1.807) is 0 Å². The van der Waals surface area contributed by atoms with E-state index in [-0.39, 0.29) is 0 Å². The zero-order chi connectivity index (χ0) is 19.1. The Morgan fingerprint density at radius 3 is 2.25 bits per heavy atom. The number of furan rings is 1. The van der Waals surface area contributed by atoms with Crippen molar-refractivity contribution in [1.82, 2.24) is 0 Å². The Bertz CT molecular complexity index is 1320. The van der Waals surface area contributed by atoms with Crippen molar-refractivity contribution < 1.29 is 8.63 Å². The van der Waals surface area contributed by atoms with E-state index in [4.69, 9.17) is 4.42 Å². The zero-order valence-corrected chi connectivity index (χ0v) is 17.2. The molecule has 0 saturated carbocycles. The maximum Gasteiger partial charge on any atom is 0.151 e. The third kappa shape index (κ3) is 2.89. The van der Waals surface area contributed by atoms with Gasteiger partial charge in [0.15, 0.2) is 5.76 Å². The normalized spacial score (nSPS) is 12.5. The van der Waals surface area contributed by atoms with E-state index in [0.29, 0.717) is 5.76 Å². The molecular formula is C24H15BrO2S. The second-order valence-corrected chi connectivity index (χ2v) is 8.85. The molecule has 4 aromatic carbocycles. The van der Waals surface area contributed by atoms with Gasteiger partial charge in [-0.25, -0.2) is 4.21 Å². The van der Waals surface area contributed by atoms with Crippen LogP contribution in [0.4, 0.5) is 0 Å². The SMILES string of the molecule is O=S(c1ccccc1)c1c(-c2ccccc2)oc2ccc3cc(Br)ccc3c12. The van der Waals surface area contributed by atoms with Crippen molar-refractivity contribution in [3.63, 3.8) is 0 Å². The summed E-state index contributed by atoms with van der Waals surface area (Å²) < 4.78 is 20.9. The molecule has 5 rings (SSSR count). The molecule has 0 amide bonds. The minimum Gasteiger partial charge on any atom is -0.455 e. The Hall–Kier alpha value is -2.69. The van der Waals surface area contributed by atoms with Crippen molar-refractivity contribution in [3.8, 4) is 11.3 Å². The van der Waals surface area contributed by atoms with Gasteiger partial charge in [0.05, 0.1) is 15.7 Å². The van der Waals surface area contributed by atoms with Crippen molar-refractivity contribution in [2.75, 3.05) is 0 Å². The van der Waals surface area contributed by atoms with Crippen molar-refractivity contribution >= 4 is 48.5 Å². The smallest absolute Gasteiger partial charge is 0.151 e. The van der Waals surface area contributed by atoms with Crippen molar-refractivity contribution in [2.45, 2.75) is 9.79 Å².